The third-order valence-electron chi connectivity index (χ3n) is 3.10. The van der Waals surface area contributed by atoms with Gasteiger partial charge >= 0.3 is 0 Å². The average molecular weight is 291 g/mol. The summed E-state index contributed by atoms with van der Waals surface area (Å²) in [6, 6.07) is 4.50. The summed E-state index contributed by atoms with van der Waals surface area (Å²) in [7, 11) is 1.46. The van der Waals surface area contributed by atoms with Gasteiger partial charge in [0, 0.05) is 12.1 Å². The van der Waals surface area contributed by atoms with Gasteiger partial charge in [-0.1, -0.05) is 0 Å². The van der Waals surface area contributed by atoms with Crippen molar-refractivity contribution in [2.75, 3.05) is 7.11 Å². The maximum atomic E-state index is 10.8. The molecule has 0 saturated carbocycles. The number of non-ortho nitro benzene ring substituents is 1. The third-order valence-corrected chi connectivity index (χ3v) is 3.10. The van der Waals surface area contributed by atoms with Gasteiger partial charge in [-0.05, 0) is 19.9 Å². The van der Waals surface area contributed by atoms with E-state index in [4.69, 9.17) is 10.5 Å². The lowest BCUT2D eigenvalue weighted by molar-refractivity contribution is -0.384. The minimum Gasteiger partial charge on any atom is -0.496 e. The Morgan fingerprint density at radius 3 is 2.67 bits per heavy atom. The molecule has 0 radical (unpaired) electrons. The van der Waals surface area contributed by atoms with E-state index >= 15 is 0 Å². The predicted octanol–water partition coefficient (Wildman–Crippen LogP) is 1.90. The minimum atomic E-state index is -0.467. The number of nitro benzene ring substituents is 1. The number of nitrogens with two attached hydrogens (primary N) is 1. The Morgan fingerprint density at radius 1 is 1.43 bits per heavy atom. The molecule has 0 aliphatic carbocycles. The van der Waals surface area contributed by atoms with Crippen LogP contribution in [0.1, 0.15) is 25.7 Å². The standard InChI is InChI=1S/C13H17N5O3/c1-8(2)17-12(7-14)15-16-13(17)10-5-4-9(18(19)20)6-11(10)21-3/h4-6,8H,7,14H2,1-3H3. The van der Waals surface area contributed by atoms with Gasteiger partial charge in [-0.2, -0.15) is 0 Å². The first-order valence-electron chi connectivity index (χ1n) is 6.46. The number of aromatic nitrogens is 3. The van der Waals surface area contributed by atoms with Gasteiger partial charge in [-0.15, -0.1) is 10.2 Å². The first-order chi connectivity index (χ1) is 9.99. The molecule has 1 aromatic carbocycles. The van der Waals surface area contributed by atoms with Gasteiger partial charge in [0.1, 0.15) is 11.6 Å². The van der Waals surface area contributed by atoms with Gasteiger partial charge in [0.2, 0.25) is 0 Å². The van der Waals surface area contributed by atoms with Gasteiger partial charge in [0.25, 0.3) is 5.69 Å². The average Bonchev–Trinajstić information content (AvgIpc) is 2.90. The third kappa shape index (κ3) is 2.70. The van der Waals surface area contributed by atoms with E-state index in [9.17, 15) is 10.1 Å². The second-order valence-electron chi connectivity index (χ2n) is 4.75. The fourth-order valence-corrected chi connectivity index (χ4v) is 2.17. The molecule has 0 fully saturated rings. The lowest BCUT2D eigenvalue weighted by Crippen LogP contribution is -2.11. The summed E-state index contributed by atoms with van der Waals surface area (Å²) < 4.78 is 7.14. The number of hydrogen-bond donors (Lipinski definition) is 1. The SMILES string of the molecule is COc1cc([N+](=O)[O-])ccc1-c1nnc(CN)n1C(C)C. The Labute approximate surface area is 121 Å². The normalized spacial score (nSPS) is 10.9. The molecule has 0 aliphatic rings. The number of hydrogen-bond acceptors (Lipinski definition) is 6. The molecule has 21 heavy (non-hydrogen) atoms. The highest BCUT2D eigenvalue weighted by Crippen LogP contribution is 2.33. The first-order valence-corrected chi connectivity index (χ1v) is 6.46. The van der Waals surface area contributed by atoms with E-state index in [1.54, 1.807) is 6.07 Å². The van der Waals surface area contributed by atoms with E-state index in [2.05, 4.69) is 10.2 Å². The summed E-state index contributed by atoms with van der Waals surface area (Å²) in [5.41, 5.74) is 6.28. The predicted molar refractivity (Wildman–Crippen MR) is 76.9 cm³/mol. The van der Waals surface area contributed by atoms with Gasteiger partial charge in [0.15, 0.2) is 5.82 Å². The number of benzene rings is 1. The smallest absolute Gasteiger partial charge is 0.273 e. The van der Waals surface area contributed by atoms with Gasteiger partial charge in [-0.25, -0.2) is 0 Å². The molecule has 2 rings (SSSR count). The van der Waals surface area contributed by atoms with Crippen LogP contribution in [0.5, 0.6) is 5.75 Å². The molecule has 0 bridgehead atoms. The van der Waals surface area contributed by atoms with Crippen molar-refractivity contribution in [3.63, 3.8) is 0 Å². The van der Waals surface area contributed by atoms with E-state index in [0.717, 1.165) is 0 Å². The Kier molecular flexibility index (Phi) is 4.18. The van der Waals surface area contributed by atoms with Crippen LogP contribution in [0.3, 0.4) is 0 Å². The Morgan fingerprint density at radius 2 is 2.14 bits per heavy atom. The topological polar surface area (TPSA) is 109 Å². The van der Waals surface area contributed by atoms with Crippen LogP contribution in [0, 0.1) is 10.1 Å². The highest BCUT2D eigenvalue weighted by Gasteiger charge is 2.20. The van der Waals surface area contributed by atoms with Crippen molar-refractivity contribution in [1.29, 1.82) is 0 Å². The largest absolute Gasteiger partial charge is 0.496 e. The summed E-state index contributed by atoms with van der Waals surface area (Å²) in [4.78, 5) is 10.4. The lowest BCUT2D eigenvalue weighted by atomic mass is 10.1. The van der Waals surface area contributed by atoms with Crippen LogP contribution >= 0.6 is 0 Å². The van der Waals surface area contributed by atoms with Crippen molar-refractivity contribution >= 4 is 5.69 Å². The first kappa shape index (κ1) is 14.9. The van der Waals surface area contributed by atoms with Crippen molar-refractivity contribution in [2.45, 2.75) is 26.4 Å². The molecule has 0 saturated heterocycles. The molecular formula is C13H17N5O3. The van der Waals surface area contributed by atoms with Crippen LogP contribution in [0.15, 0.2) is 18.2 Å². The quantitative estimate of drug-likeness (QED) is 0.665. The number of methoxy groups -OCH3 is 1. The van der Waals surface area contributed by atoms with Crippen molar-refractivity contribution in [1.82, 2.24) is 14.8 Å². The fraction of sp³-hybridized carbons (Fsp3) is 0.385. The van der Waals surface area contributed by atoms with Gasteiger partial charge in [0.05, 0.1) is 30.2 Å². The van der Waals surface area contributed by atoms with Gasteiger partial charge in [-0.3, -0.25) is 10.1 Å². The second kappa shape index (κ2) is 5.88. The van der Waals surface area contributed by atoms with Crippen molar-refractivity contribution < 1.29 is 9.66 Å². The molecule has 2 N–H and O–H groups in total. The molecular weight excluding hydrogens is 274 g/mol. The number of nitrogens with zero attached hydrogens (tertiary/aromatic N) is 4. The van der Waals surface area contributed by atoms with E-state index < -0.39 is 4.92 Å². The number of ether oxygens (including phenoxy) is 1. The van der Waals surface area contributed by atoms with Crippen LogP contribution in [-0.2, 0) is 6.54 Å². The Hall–Kier alpha value is -2.48. The highest BCUT2D eigenvalue weighted by atomic mass is 16.6. The summed E-state index contributed by atoms with van der Waals surface area (Å²) in [6.07, 6.45) is 0. The van der Waals surface area contributed by atoms with Crippen LogP contribution < -0.4 is 10.5 Å². The zero-order valence-corrected chi connectivity index (χ0v) is 12.1. The fourth-order valence-electron chi connectivity index (χ4n) is 2.17. The molecule has 2 aromatic rings. The maximum absolute atomic E-state index is 10.8. The van der Waals surface area contributed by atoms with E-state index in [0.29, 0.717) is 23.0 Å². The number of nitro groups is 1. The molecule has 0 spiro atoms. The van der Waals surface area contributed by atoms with Crippen molar-refractivity contribution in [3.8, 4) is 17.1 Å². The van der Waals surface area contributed by atoms with E-state index in [1.165, 1.54) is 19.2 Å². The zero-order valence-electron chi connectivity index (χ0n) is 12.1. The zero-order chi connectivity index (χ0) is 15.6. The lowest BCUT2D eigenvalue weighted by Gasteiger charge is -2.14. The van der Waals surface area contributed by atoms with E-state index in [-0.39, 0.29) is 18.3 Å². The summed E-state index contributed by atoms with van der Waals surface area (Å²) in [5, 5.41) is 19.1. The Bertz CT molecular complexity index is 666. The molecule has 1 aromatic heterocycles. The molecule has 0 amide bonds. The van der Waals surface area contributed by atoms with Crippen molar-refractivity contribution in [3.05, 3.63) is 34.1 Å². The second-order valence-corrected chi connectivity index (χ2v) is 4.75. The molecule has 0 aliphatic heterocycles. The summed E-state index contributed by atoms with van der Waals surface area (Å²) in [5.74, 6) is 1.61. The van der Waals surface area contributed by atoms with Crippen LogP contribution in [0.4, 0.5) is 5.69 Å². The molecule has 1 heterocycles. The molecule has 8 heteroatoms. The molecule has 8 nitrogen and oxygen atoms in total. The minimum absolute atomic E-state index is 0.0368. The maximum Gasteiger partial charge on any atom is 0.273 e. The van der Waals surface area contributed by atoms with E-state index in [1.807, 2.05) is 18.4 Å². The van der Waals surface area contributed by atoms with Crippen LogP contribution in [0.25, 0.3) is 11.4 Å². The van der Waals surface area contributed by atoms with Crippen LogP contribution in [-0.4, -0.2) is 26.8 Å². The Balaban J connectivity index is 2.61. The van der Waals surface area contributed by atoms with Gasteiger partial charge < -0.3 is 15.0 Å². The monoisotopic (exact) mass is 291 g/mol. The molecule has 112 valence electrons. The highest BCUT2D eigenvalue weighted by molar-refractivity contribution is 5.67. The van der Waals surface area contributed by atoms with Crippen molar-refractivity contribution in [2.24, 2.45) is 5.73 Å². The number of rotatable bonds is 5. The van der Waals surface area contributed by atoms with Crippen LogP contribution in [0.2, 0.25) is 0 Å². The summed E-state index contributed by atoms with van der Waals surface area (Å²) in [6.45, 7) is 4.24. The molecule has 0 atom stereocenters. The summed E-state index contributed by atoms with van der Waals surface area (Å²) >= 11 is 0. The molecule has 0 unspecified atom stereocenters.